The van der Waals surface area contributed by atoms with Gasteiger partial charge >= 0.3 is 5.97 Å². The third-order valence-electron chi connectivity index (χ3n) is 4.06. The number of carbonyl (C=O) groups is 1. The summed E-state index contributed by atoms with van der Waals surface area (Å²) in [5.41, 5.74) is 1.85. The molecule has 0 aliphatic heterocycles. The summed E-state index contributed by atoms with van der Waals surface area (Å²) < 4.78 is 36.9. The minimum Gasteiger partial charge on any atom is -0.465 e. The molecule has 148 valence electrons. The molecular weight excluding hydrogens is 420 g/mol. The Morgan fingerprint density at radius 3 is 2.54 bits per heavy atom. The number of esters is 1. The van der Waals surface area contributed by atoms with E-state index >= 15 is 0 Å². The number of ether oxygens (including phenoxy) is 1. The number of thiazole rings is 1. The molecule has 2 aromatic carbocycles. The molecule has 0 aliphatic rings. The molecule has 1 aromatic heterocycles. The monoisotopic (exact) mass is 438 g/mol. The molecule has 28 heavy (non-hydrogen) atoms. The quantitative estimate of drug-likeness (QED) is 0.549. The highest BCUT2D eigenvalue weighted by Crippen LogP contribution is 2.21. The lowest BCUT2D eigenvalue weighted by Crippen LogP contribution is -2.23. The normalized spacial score (nSPS) is 12.5. The molecule has 0 N–H and O–H groups in total. The maximum Gasteiger partial charge on any atom is 0.326 e. The van der Waals surface area contributed by atoms with Gasteiger partial charge in [0.15, 0.2) is 0 Å². The summed E-state index contributed by atoms with van der Waals surface area (Å²) in [5, 5.41) is 0.435. The number of rotatable bonds is 6. The van der Waals surface area contributed by atoms with Crippen molar-refractivity contribution in [3.8, 4) is 0 Å². The molecule has 6 nitrogen and oxygen atoms in total. The molecule has 9 heteroatoms. The van der Waals surface area contributed by atoms with Gasteiger partial charge in [-0.3, -0.25) is 4.79 Å². The van der Waals surface area contributed by atoms with Crippen molar-refractivity contribution in [3.05, 3.63) is 57.9 Å². The first-order chi connectivity index (χ1) is 13.3. The number of benzene rings is 2. The number of sulfonamides is 1. The second kappa shape index (κ2) is 8.46. The zero-order valence-electron chi connectivity index (χ0n) is 15.4. The first-order valence-electron chi connectivity index (χ1n) is 8.68. The third kappa shape index (κ3) is 4.45. The number of carbonyl (C=O) groups excluding carboxylic acids is 1. The van der Waals surface area contributed by atoms with Crippen LogP contribution in [0.15, 0.2) is 51.8 Å². The van der Waals surface area contributed by atoms with Gasteiger partial charge in [-0.2, -0.15) is 8.42 Å². The average molecular weight is 439 g/mol. The van der Waals surface area contributed by atoms with E-state index in [9.17, 15) is 13.2 Å². The van der Waals surface area contributed by atoms with Crippen LogP contribution in [-0.2, 0) is 32.5 Å². The van der Waals surface area contributed by atoms with Crippen LogP contribution in [0.3, 0.4) is 0 Å². The predicted molar refractivity (Wildman–Crippen MR) is 110 cm³/mol. The Labute approximate surface area is 172 Å². The number of halogens is 1. The summed E-state index contributed by atoms with van der Waals surface area (Å²) in [6, 6.07) is 11.6. The van der Waals surface area contributed by atoms with Gasteiger partial charge in [0.25, 0.3) is 10.0 Å². The summed E-state index contributed by atoms with van der Waals surface area (Å²) >= 11 is 7.06. The average Bonchev–Trinajstić information content (AvgIpc) is 2.97. The largest absolute Gasteiger partial charge is 0.465 e. The van der Waals surface area contributed by atoms with Crippen molar-refractivity contribution in [2.45, 2.75) is 31.7 Å². The Morgan fingerprint density at radius 1 is 1.18 bits per heavy atom. The number of aryl methyl sites for hydroxylation is 1. The molecule has 0 unspecified atom stereocenters. The van der Waals surface area contributed by atoms with E-state index in [0.29, 0.717) is 5.02 Å². The lowest BCUT2D eigenvalue weighted by Gasteiger charge is -2.06. The van der Waals surface area contributed by atoms with Crippen molar-refractivity contribution < 1.29 is 17.9 Å². The van der Waals surface area contributed by atoms with Crippen molar-refractivity contribution in [2.24, 2.45) is 4.40 Å². The van der Waals surface area contributed by atoms with Crippen molar-refractivity contribution in [1.82, 2.24) is 4.57 Å². The van der Waals surface area contributed by atoms with Crippen LogP contribution in [0.4, 0.5) is 0 Å². The second-order valence-corrected chi connectivity index (χ2v) is 9.00. The van der Waals surface area contributed by atoms with Crippen LogP contribution in [0, 0.1) is 0 Å². The van der Waals surface area contributed by atoms with Gasteiger partial charge in [0.05, 0.1) is 21.7 Å². The molecule has 0 saturated carbocycles. The summed E-state index contributed by atoms with van der Waals surface area (Å²) in [6.07, 6.45) is 0.848. The standard InChI is InChI=1S/C19H19ClN2O4S2/c1-3-13-5-10-16-17(11-13)27-19(22(16)12-18(23)26-4-2)21-28(24,25)15-8-6-14(20)7-9-15/h5-11H,3-4,12H2,1-2H3. The van der Waals surface area contributed by atoms with Crippen LogP contribution >= 0.6 is 22.9 Å². The van der Waals surface area contributed by atoms with Gasteiger partial charge in [-0.25, -0.2) is 0 Å². The van der Waals surface area contributed by atoms with E-state index in [1.807, 2.05) is 25.1 Å². The maximum absolute atomic E-state index is 12.7. The van der Waals surface area contributed by atoms with Gasteiger partial charge in [0.1, 0.15) is 6.54 Å². The highest BCUT2D eigenvalue weighted by molar-refractivity contribution is 7.90. The van der Waals surface area contributed by atoms with Crippen LogP contribution in [0.1, 0.15) is 19.4 Å². The first-order valence-corrected chi connectivity index (χ1v) is 11.3. The molecule has 0 fully saturated rings. The van der Waals surface area contributed by atoms with Crippen LogP contribution < -0.4 is 4.80 Å². The molecule has 0 spiro atoms. The maximum atomic E-state index is 12.7. The van der Waals surface area contributed by atoms with Crippen LogP contribution in [0.2, 0.25) is 5.02 Å². The first kappa shape index (κ1) is 20.6. The molecular formula is C19H19ClN2O4S2. The minimum absolute atomic E-state index is 0.0336. The van der Waals surface area contributed by atoms with E-state index in [1.165, 1.54) is 35.6 Å². The molecule has 3 rings (SSSR count). The van der Waals surface area contributed by atoms with E-state index < -0.39 is 16.0 Å². The van der Waals surface area contributed by atoms with Gasteiger partial charge in [0.2, 0.25) is 4.80 Å². The Bertz CT molecular complexity index is 1180. The Hall–Kier alpha value is -2.16. The zero-order valence-corrected chi connectivity index (χ0v) is 17.8. The van der Waals surface area contributed by atoms with E-state index in [4.69, 9.17) is 16.3 Å². The lowest BCUT2D eigenvalue weighted by atomic mass is 10.2. The SMILES string of the molecule is CCOC(=O)Cn1c(=NS(=O)(=O)c2ccc(Cl)cc2)sc2cc(CC)ccc21. The number of hydrogen-bond donors (Lipinski definition) is 0. The van der Waals surface area contributed by atoms with Crippen molar-refractivity contribution in [1.29, 1.82) is 0 Å². The van der Waals surface area contributed by atoms with Gasteiger partial charge in [-0.1, -0.05) is 35.9 Å². The van der Waals surface area contributed by atoms with Crippen LogP contribution in [0.25, 0.3) is 10.2 Å². The van der Waals surface area contributed by atoms with Crippen molar-refractivity contribution in [3.63, 3.8) is 0 Å². The Balaban J connectivity index is 2.18. The van der Waals surface area contributed by atoms with Gasteiger partial charge in [-0.15, -0.1) is 4.40 Å². The van der Waals surface area contributed by atoms with Crippen molar-refractivity contribution in [2.75, 3.05) is 6.61 Å². The Morgan fingerprint density at radius 2 is 1.89 bits per heavy atom. The Kier molecular flexibility index (Phi) is 6.22. The fourth-order valence-electron chi connectivity index (χ4n) is 2.66. The molecule has 0 aliphatic carbocycles. The van der Waals surface area contributed by atoms with Crippen molar-refractivity contribution >= 4 is 49.1 Å². The molecule has 0 radical (unpaired) electrons. The van der Waals surface area contributed by atoms with E-state index in [-0.39, 0.29) is 22.8 Å². The smallest absolute Gasteiger partial charge is 0.326 e. The second-order valence-electron chi connectivity index (χ2n) is 5.95. The lowest BCUT2D eigenvalue weighted by molar-refractivity contribution is -0.143. The van der Waals surface area contributed by atoms with E-state index in [2.05, 4.69) is 4.40 Å². The molecule has 0 bridgehead atoms. The van der Waals surface area contributed by atoms with Gasteiger partial charge in [-0.05, 0) is 55.3 Å². The van der Waals surface area contributed by atoms with Gasteiger partial charge in [0, 0.05) is 5.02 Å². The zero-order chi connectivity index (χ0) is 20.3. The topological polar surface area (TPSA) is 77.7 Å². The molecule has 0 amide bonds. The number of nitrogens with zero attached hydrogens (tertiary/aromatic N) is 2. The molecule has 0 saturated heterocycles. The van der Waals surface area contributed by atoms with Crippen LogP contribution in [0.5, 0.6) is 0 Å². The molecule has 3 aromatic rings. The van der Waals surface area contributed by atoms with E-state index in [1.54, 1.807) is 11.5 Å². The number of hydrogen-bond acceptors (Lipinski definition) is 5. The van der Waals surface area contributed by atoms with E-state index in [0.717, 1.165) is 22.2 Å². The van der Waals surface area contributed by atoms with Crippen LogP contribution in [-0.4, -0.2) is 25.6 Å². The highest BCUT2D eigenvalue weighted by Gasteiger charge is 2.16. The third-order valence-corrected chi connectivity index (χ3v) is 6.75. The minimum atomic E-state index is -3.96. The van der Waals surface area contributed by atoms with Gasteiger partial charge < -0.3 is 9.30 Å². The summed E-state index contributed by atoms with van der Waals surface area (Å²) in [4.78, 5) is 12.3. The summed E-state index contributed by atoms with van der Waals surface area (Å²) in [6.45, 7) is 3.89. The molecule has 0 atom stereocenters. The number of aromatic nitrogens is 1. The fraction of sp³-hybridized carbons (Fsp3) is 0.263. The number of fused-ring (bicyclic) bond motifs is 1. The highest BCUT2D eigenvalue weighted by atomic mass is 35.5. The fourth-order valence-corrected chi connectivity index (χ4v) is 5.08. The summed E-state index contributed by atoms with van der Waals surface area (Å²) in [5.74, 6) is -0.452. The molecule has 1 heterocycles. The predicted octanol–water partition coefficient (Wildman–Crippen LogP) is 3.77. The summed E-state index contributed by atoms with van der Waals surface area (Å²) in [7, 11) is -3.96.